The van der Waals surface area contributed by atoms with Crippen LogP contribution in [0.5, 0.6) is 0 Å². The summed E-state index contributed by atoms with van der Waals surface area (Å²) in [5.41, 5.74) is -2.74. The van der Waals surface area contributed by atoms with Gasteiger partial charge in [-0.1, -0.05) is 96.8 Å². The SMILES string of the molecule is CCCCCCCCCCCCCCCCCC(=O)O.O=C(O)CC(O)(CC(=O)O)C(=O)O.[H-].[H-].[Mg+2]. The third-order valence-corrected chi connectivity index (χ3v) is 5.28. The Kier molecular flexibility index (Phi) is 27.0. The summed E-state index contributed by atoms with van der Waals surface area (Å²) in [4.78, 5) is 40.8. The number of aliphatic carboxylic acids is 4. The molecule has 0 atom stereocenters. The fraction of sp³-hybridized carbons (Fsp3) is 0.833. The van der Waals surface area contributed by atoms with E-state index in [1.54, 1.807) is 0 Å². The molecule has 0 radical (unpaired) electrons. The molecule has 5 N–H and O–H groups in total. The topological polar surface area (TPSA) is 169 Å². The van der Waals surface area contributed by atoms with Gasteiger partial charge in [0.25, 0.3) is 0 Å². The number of hydrogen-bond donors (Lipinski definition) is 5. The van der Waals surface area contributed by atoms with Crippen molar-refractivity contribution in [3.8, 4) is 0 Å². The summed E-state index contributed by atoms with van der Waals surface area (Å²) < 4.78 is 0. The predicted molar refractivity (Wildman–Crippen MR) is 132 cm³/mol. The van der Waals surface area contributed by atoms with Crippen molar-refractivity contribution in [3.05, 3.63) is 0 Å². The molecule has 0 aliphatic rings. The molecule has 0 unspecified atom stereocenters. The Labute approximate surface area is 222 Å². The molecule has 0 aliphatic heterocycles. The quantitative estimate of drug-likeness (QED) is 0.108. The molecule has 0 aliphatic carbocycles. The third-order valence-electron chi connectivity index (χ3n) is 5.28. The number of carbonyl (C=O) groups is 4. The molecule has 0 rings (SSSR count). The molecule has 0 aromatic rings. The van der Waals surface area contributed by atoms with Crippen LogP contribution in [-0.4, -0.2) is 78.1 Å². The molecule has 10 heteroatoms. The molecule has 0 saturated carbocycles. The second-order valence-electron chi connectivity index (χ2n) is 8.57. The van der Waals surface area contributed by atoms with Crippen LogP contribution in [0.4, 0.5) is 0 Å². The van der Waals surface area contributed by atoms with Crippen LogP contribution in [0.25, 0.3) is 0 Å². The van der Waals surface area contributed by atoms with Crippen LogP contribution in [0.2, 0.25) is 0 Å². The average molecular weight is 503 g/mol. The van der Waals surface area contributed by atoms with Gasteiger partial charge in [-0.25, -0.2) is 4.79 Å². The normalized spacial score (nSPS) is 10.5. The van der Waals surface area contributed by atoms with Gasteiger partial charge >= 0.3 is 46.9 Å². The van der Waals surface area contributed by atoms with Crippen molar-refractivity contribution < 1.29 is 47.6 Å². The van der Waals surface area contributed by atoms with Crippen molar-refractivity contribution in [2.45, 2.75) is 128 Å². The zero-order chi connectivity index (χ0) is 25.5. The Morgan fingerprint density at radius 3 is 1.09 bits per heavy atom. The molecular weight excluding hydrogens is 457 g/mol. The van der Waals surface area contributed by atoms with E-state index in [4.69, 9.17) is 25.5 Å². The van der Waals surface area contributed by atoms with Crippen LogP contribution in [0.3, 0.4) is 0 Å². The molecule has 0 aromatic carbocycles. The molecule has 0 spiro atoms. The first-order chi connectivity index (χ1) is 15.5. The Morgan fingerprint density at radius 2 is 0.853 bits per heavy atom. The van der Waals surface area contributed by atoms with Crippen LogP contribution in [0.15, 0.2) is 0 Å². The van der Waals surface area contributed by atoms with Crippen molar-refractivity contribution in [3.63, 3.8) is 0 Å². The van der Waals surface area contributed by atoms with Crippen molar-refractivity contribution in [2.75, 3.05) is 0 Å². The van der Waals surface area contributed by atoms with E-state index in [1.807, 2.05) is 0 Å². The van der Waals surface area contributed by atoms with Gasteiger partial charge in [0, 0.05) is 6.42 Å². The molecular formula is C24H46MgO9. The first kappa shape index (κ1) is 37.2. The van der Waals surface area contributed by atoms with Gasteiger partial charge in [-0.2, -0.15) is 0 Å². The van der Waals surface area contributed by atoms with Crippen LogP contribution in [0, 0.1) is 0 Å². The Bertz CT molecular complexity index is 548. The minimum absolute atomic E-state index is 0. The number of carboxylic acids is 4. The van der Waals surface area contributed by atoms with E-state index in [0.717, 1.165) is 12.8 Å². The molecule has 0 bridgehead atoms. The van der Waals surface area contributed by atoms with E-state index in [-0.39, 0.29) is 25.9 Å². The van der Waals surface area contributed by atoms with E-state index in [1.165, 1.54) is 83.5 Å². The summed E-state index contributed by atoms with van der Waals surface area (Å²) in [5.74, 6) is -5.67. The van der Waals surface area contributed by atoms with E-state index in [2.05, 4.69) is 6.92 Å². The van der Waals surface area contributed by atoms with Crippen LogP contribution >= 0.6 is 0 Å². The van der Waals surface area contributed by atoms with E-state index < -0.39 is 42.3 Å². The Balaban J connectivity index is -0.000000177. The number of carboxylic acid groups (broad SMARTS) is 4. The maximum Gasteiger partial charge on any atom is 2.00 e. The van der Waals surface area contributed by atoms with Gasteiger partial charge in [-0.3, -0.25) is 14.4 Å². The second kappa shape index (κ2) is 24.7. The Hall–Kier alpha value is -1.39. The maximum atomic E-state index is 10.3. The first-order valence-corrected chi connectivity index (χ1v) is 12.2. The molecule has 0 fully saturated rings. The van der Waals surface area contributed by atoms with Gasteiger partial charge < -0.3 is 28.4 Å². The third kappa shape index (κ3) is 26.9. The van der Waals surface area contributed by atoms with Gasteiger partial charge in [0.2, 0.25) is 0 Å². The number of aliphatic hydroxyl groups is 1. The predicted octanol–water partition coefficient (Wildman–Crippen LogP) is 4.93. The van der Waals surface area contributed by atoms with Crippen LogP contribution < -0.4 is 0 Å². The van der Waals surface area contributed by atoms with Gasteiger partial charge in [0.05, 0.1) is 12.8 Å². The molecule has 198 valence electrons. The molecule has 0 saturated heterocycles. The smallest absolute Gasteiger partial charge is 1.00 e. The minimum Gasteiger partial charge on any atom is -1.00 e. The minimum atomic E-state index is -2.74. The zero-order valence-electron chi connectivity index (χ0n) is 22.8. The van der Waals surface area contributed by atoms with Gasteiger partial charge in [-0.15, -0.1) is 0 Å². The van der Waals surface area contributed by atoms with Crippen molar-refractivity contribution in [1.82, 2.24) is 0 Å². The van der Waals surface area contributed by atoms with E-state index in [9.17, 15) is 19.2 Å². The fourth-order valence-corrected chi connectivity index (χ4v) is 3.36. The van der Waals surface area contributed by atoms with E-state index in [0.29, 0.717) is 6.42 Å². The summed E-state index contributed by atoms with van der Waals surface area (Å²) in [7, 11) is 0. The first-order valence-electron chi connectivity index (χ1n) is 12.2. The van der Waals surface area contributed by atoms with Crippen LogP contribution in [-0.2, 0) is 19.2 Å². The maximum absolute atomic E-state index is 10.3. The molecule has 0 aromatic heterocycles. The summed E-state index contributed by atoms with van der Waals surface area (Å²) in [6.07, 6.45) is 17.9. The summed E-state index contributed by atoms with van der Waals surface area (Å²) in [6, 6.07) is 0. The average Bonchev–Trinajstić information content (AvgIpc) is 2.70. The van der Waals surface area contributed by atoms with Gasteiger partial charge in [0.1, 0.15) is 0 Å². The van der Waals surface area contributed by atoms with Gasteiger partial charge in [-0.05, 0) is 6.42 Å². The molecule has 0 heterocycles. The fourth-order valence-electron chi connectivity index (χ4n) is 3.36. The second-order valence-corrected chi connectivity index (χ2v) is 8.57. The van der Waals surface area contributed by atoms with Crippen molar-refractivity contribution >= 4 is 46.9 Å². The van der Waals surface area contributed by atoms with Crippen molar-refractivity contribution in [2.24, 2.45) is 0 Å². The Morgan fingerprint density at radius 1 is 0.559 bits per heavy atom. The summed E-state index contributed by atoms with van der Waals surface area (Å²) in [6.45, 7) is 2.27. The summed E-state index contributed by atoms with van der Waals surface area (Å²) in [5, 5.41) is 42.3. The van der Waals surface area contributed by atoms with Crippen molar-refractivity contribution in [1.29, 1.82) is 0 Å². The zero-order valence-corrected chi connectivity index (χ0v) is 22.2. The standard InChI is InChI=1S/C18H36O2.C6H8O7.Mg.2H/c1-2-3-4-5-6-7-8-9-10-11-12-13-14-15-16-17-18(19)20;7-3(8)1-6(13,5(11)12)2-4(9)10;;;/h2-17H2,1H3,(H,19,20);13H,1-2H2,(H,7,8)(H,9,10)(H,11,12);;;/q;;+2;2*-1. The largest absolute Gasteiger partial charge is 2.00 e. The van der Waals surface area contributed by atoms with Crippen LogP contribution in [0.1, 0.15) is 125 Å². The number of rotatable bonds is 21. The molecule has 34 heavy (non-hydrogen) atoms. The number of hydrogen-bond acceptors (Lipinski definition) is 5. The van der Waals surface area contributed by atoms with Gasteiger partial charge in [0.15, 0.2) is 5.60 Å². The number of unbranched alkanes of at least 4 members (excludes halogenated alkanes) is 14. The summed E-state index contributed by atoms with van der Waals surface area (Å²) >= 11 is 0. The molecule has 0 amide bonds. The molecule has 9 nitrogen and oxygen atoms in total. The van der Waals surface area contributed by atoms with E-state index >= 15 is 0 Å². The monoisotopic (exact) mass is 502 g/mol.